The van der Waals surface area contributed by atoms with Gasteiger partial charge in [0.15, 0.2) is 0 Å². The predicted molar refractivity (Wildman–Crippen MR) is 71.8 cm³/mol. The van der Waals surface area contributed by atoms with E-state index < -0.39 is 0 Å². The highest BCUT2D eigenvalue weighted by atomic mass is 14.8. The molecule has 0 spiro atoms. The lowest BCUT2D eigenvalue weighted by molar-refractivity contribution is 0.150. The van der Waals surface area contributed by atoms with Crippen LogP contribution in [0.15, 0.2) is 0 Å². The molecule has 0 aliphatic heterocycles. The zero-order chi connectivity index (χ0) is 11.7. The Labute approximate surface area is 102 Å². The van der Waals surface area contributed by atoms with Gasteiger partial charge in [-0.3, -0.25) is 0 Å². The van der Waals surface area contributed by atoms with Crippen molar-refractivity contribution < 1.29 is 0 Å². The quantitative estimate of drug-likeness (QED) is 0.622. The van der Waals surface area contributed by atoms with E-state index in [0.717, 1.165) is 0 Å². The first-order valence-electron chi connectivity index (χ1n) is 7.12. The lowest BCUT2D eigenvalue weighted by Crippen LogP contribution is -2.26. The molecule has 2 N–H and O–H groups in total. The van der Waals surface area contributed by atoms with Crippen LogP contribution in [0.2, 0.25) is 0 Å². The van der Waals surface area contributed by atoms with E-state index >= 15 is 0 Å². The Bertz CT molecular complexity index is 150. The van der Waals surface area contributed by atoms with Crippen molar-refractivity contribution in [2.45, 2.75) is 57.8 Å². The van der Waals surface area contributed by atoms with Crippen molar-refractivity contribution in [1.82, 2.24) is 10.6 Å². The summed E-state index contributed by atoms with van der Waals surface area (Å²) in [6, 6.07) is 0. The summed E-state index contributed by atoms with van der Waals surface area (Å²) in [5.41, 5.74) is 0.700. The molecule has 0 saturated heterocycles. The molecule has 2 nitrogen and oxygen atoms in total. The first kappa shape index (κ1) is 14.0. The standard InChI is InChI=1S/C14H30N2/c1-15-12-6-10-14(11-7-13-16-2)8-4-3-5-9-14/h15-16H,3-13H2,1-2H3. The van der Waals surface area contributed by atoms with Gasteiger partial charge >= 0.3 is 0 Å². The van der Waals surface area contributed by atoms with Gasteiger partial charge in [-0.25, -0.2) is 0 Å². The van der Waals surface area contributed by atoms with E-state index in [9.17, 15) is 0 Å². The first-order valence-corrected chi connectivity index (χ1v) is 7.12. The van der Waals surface area contributed by atoms with Gasteiger partial charge in [0, 0.05) is 0 Å². The minimum atomic E-state index is 0.700. The monoisotopic (exact) mass is 226 g/mol. The van der Waals surface area contributed by atoms with Gasteiger partial charge in [-0.15, -0.1) is 0 Å². The van der Waals surface area contributed by atoms with Gasteiger partial charge in [0.25, 0.3) is 0 Å². The number of rotatable bonds is 8. The maximum absolute atomic E-state index is 3.28. The Hall–Kier alpha value is -0.0800. The van der Waals surface area contributed by atoms with E-state index in [2.05, 4.69) is 24.7 Å². The fourth-order valence-electron chi connectivity index (χ4n) is 3.21. The van der Waals surface area contributed by atoms with E-state index in [1.54, 1.807) is 0 Å². The SMILES string of the molecule is CNCCCC1(CCCNC)CCCCC1. The highest BCUT2D eigenvalue weighted by Crippen LogP contribution is 2.43. The van der Waals surface area contributed by atoms with E-state index in [-0.39, 0.29) is 0 Å². The van der Waals surface area contributed by atoms with Gasteiger partial charge in [0.2, 0.25) is 0 Å². The fourth-order valence-corrected chi connectivity index (χ4v) is 3.21. The van der Waals surface area contributed by atoms with Crippen molar-refractivity contribution in [1.29, 1.82) is 0 Å². The predicted octanol–water partition coefficient (Wildman–Crippen LogP) is 2.94. The van der Waals surface area contributed by atoms with E-state index in [1.165, 1.54) is 70.9 Å². The second kappa shape index (κ2) is 8.08. The summed E-state index contributed by atoms with van der Waals surface area (Å²) < 4.78 is 0. The molecule has 16 heavy (non-hydrogen) atoms. The molecule has 1 aliphatic rings. The van der Waals surface area contributed by atoms with E-state index in [0.29, 0.717) is 5.41 Å². The van der Waals surface area contributed by atoms with Gasteiger partial charge in [-0.05, 0) is 71.1 Å². The van der Waals surface area contributed by atoms with Gasteiger partial charge in [-0.1, -0.05) is 19.3 Å². The fraction of sp³-hybridized carbons (Fsp3) is 1.00. The molecule has 0 heterocycles. The number of hydrogen-bond acceptors (Lipinski definition) is 2. The van der Waals surface area contributed by atoms with Crippen LogP contribution in [0.1, 0.15) is 57.8 Å². The molecule has 0 aromatic rings. The lowest BCUT2D eigenvalue weighted by Gasteiger charge is -2.38. The molecule has 1 aliphatic carbocycles. The summed E-state index contributed by atoms with van der Waals surface area (Å²) in [5, 5.41) is 6.56. The van der Waals surface area contributed by atoms with Crippen LogP contribution in [0.25, 0.3) is 0 Å². The molecule has 96 valence electrons. The van der Waals surface area contributed by atoms with Crippen molar-refractivity contribution in [3.8, 4) is 0 Å². The number of nitrogens with one attached hydrogen (secondary N) is 2. The average Bonchev–Trinajstić information content (AvgIpc) is 2.31. The third kappa shape index (κ3) is 4.84. The summed E-state index contributed by atoms with van der Waals surface area (Å²) in [5.74, 6) is 0. The van der Waals surface area contributed by atoms with Gasteiger partial charge in [0.05, 0.1) is 0 Å². The summed E-state index contributed by atoms with van der Waals surface area (Å²) in [6.07, 6.45) is 13.0. The highest BCUT2D eigenvalue weighted by Gasteiger charge is 2.30. The third-order valence-corrected chi connectivity index (χ3v) is 4.18. The van der Waals surface area contributed by atoms with Gasteiger partial charge in [-0.2, -0.15) is 0 Å². The Morgan fingerprint density at radius 2 is 1.31 bits per heavy atom. The Balaban J connectivity index is 2.33. The molecule has 0 aromatic carbocycles. The molecule has 0 radical (unpaired) electrons. The number of hydrogen-bond donors (Lipinski definition) is 2. The third-order valence-electron chi connectivity index (χ3n) is 4.18. The molecule has 2 heteroatoms. The van der Waals surface area contributed by atoms with Gasteiger partial charge < -0.3 is 10.6 Å². The molecule has 1 fully saturated rings. The van der Waals surface area contributed by atoms with Crippen molar-refractivity contribution >= 4 is 0 Å². The van der Waals surface area contributed by atoms with Crippen molar-refractivity contribution in [3.05, 3.63) is 0 Å². The van der Waals surface area contributed by atoms with Crippen molar-refractivity contribution in [3.63, 3.8) is 0 Å². The molecule has 0 bridgehead atoms. The maximum atomic E-state index is 3.28. The van der Waals surface area contributed by atoms with Crippen LogP contribution in [0.5, 0.6) is 0 Å². The van der Waals surface area contributed by atoms with Crippen LogP contribution in [0.4, 0.5) is 0 Å². The summed E-state index contributed by atoms with van der Waals surface area (Å²) >= 11 is 0. The van der Waals surface area contributed by atoms with E-state index in [4.69, 9.17) is 0 Å². The molecule has 0 atom stereocenters. The smallest absolute Gasteiger partial charge is 0.00517 e. The van der Waals surface area contributed by atoms with Gasteiger partial charge in [0.1, 0.15) is 0 Å². The molecular weight excluding hydrogens is 196 g/mol. The van der Waals surface area contributed by atoms with Crippen LogP contribution in [-0.2, 0) is 0 Å². The minimum Gasteiger partial charge on any atom is -0.320 e. The zero-order valence-corrected chi connectivity index (χ0v) is 11.3. The maximum Gasteiger partial charge on any atom is -0.00517 e. The molecular formula is C14H30N2. The normalized spacial score (nSPS) is 19.9. The topological polar surface area (TPSA) is 24.1 Å². The second-order valence-corrected chi connectivity index (χ2v) is 5.47. The first-order chi connectivity index (χ1) is 7.83. The average molecular weight is 226 g/mol. The van der Waals surface area contributed by atoms with E-state index in [1.807, 2.05) is 0 Å². The molecule has 1 saturated carbocycles. The van der Waals surface area contributed by atoms with Crippen molar-refractivity contribution in [2.75, 3.05) is 27.2 Å². The Morgan fingerprint density at radius 1 is 0.812 bits per heavy atom. The minimum absolute atomic E-state index is 0.700. The second-order valence-electron chi connectivity index (χ2n) is 5.47. The zero-order valence-electron chi connectivity index (χ0n) is 11.3. The molecule has 0 unspecified atom stereocenters. The van der Waals surface area contributed by atoms with Crippen LogP contribution in [-0.4, -0.2) is 27.2 Å². The lowest BCUT2D eigenvalue weighted by atomic mass is 9.68. The summed E-state index contributed by atoms with van der Waals surface area (Å²) in [7, 11) is 4.13. The molecule has 0 aromatic heterocycles. The summed E-state index contributed by atoms with van der Waals surface area (Å²) in [6.45, 7) is 2.38. The van der Waals surface area contributed by atoms with Crippen LogP contribution in [0.3, 0.4) is 0 Å². The highest BCUT2D eigenvalue weighted by molar-refractivity contribution is 4.83. The van der Waals surface area contributed by atoms with Crippen molar-refractivity contribution in [2.24, 2.45) is 5.41 Å². The Kier molecular flexibility index (Phi) is 7.06. The molecule has 1 rings (SSSR count). The van der Waals surface area contributed by atoms with Crippen LogP contribution in [0, 0.1) is 5.41 Å². The van der Waals surface area contributed by atoms with Crippen LogP contribution >= 0.6 is 0 Å². The molecule has 0 amide bonds. The largest absolute Gasteiger partial charge is 0.320 e. The van der Waals surface area contributed by atoms with Crippen LogP contribution < -0.4 is 10.6 Å². The summed E-state index contributed by atoms with van der Waals surface area (Å²) in [4.78, 5) is 0. The Morgan fingerprint density at radius 3 is 1.75 bits per heavy atom.